The van der Waals surface area contributed by atoms with E-state index in [-0.39, 0.29) is 16.2 Å². The number of hydrogen-bond acceptors (Lipinski definition) is 0. The van der Waals surface area contributed by atoms with E-state index in [0.717, 1.165) is 0 Å². The SMILES string of the molecule is CC1(C)c2cc(-c3cccc4ccccc34)cc3ccc4cc(-c5ccc6ccc7cccc8ccc5c6c78)cc1c4c23.Cc1cc2c3c(ccc4cc(-c5ccc6ccccc6c5)cc(c43)C2(C)C)c1.Cc1cc2c3c(ccc4cc(-c5cccc6ccccc56)cc(c43)C2(C)C)c1.Cc1ccc(-c2cc3ccc4cccc5ccc(c2)c3c45)cc1.Cc1ccc2c3ccccc3n(-c3ccccc3)c2c1. The number of fused-ring (bicyclic) bond motifs is 6. The summed E-state index contributed by atoms with van der Waals surface area (Å²) in [6.45, 7) is 23.0. The lowest BCUT2D eigenvalue weighted by Crippen LogP contribution is -2.15. The van der Waals surface area contributed by atoms with E-state index in [1.807, 2.05) is 0 Å². The van der Waals surface area contributed by atoms with E-state index in [9.17, 15) is 0 Å². The van der Waals surface area contributed by atoms with Crippen molar-refractivity contribution in [1.29, 1.82) is 0 Å². The van der Waals surface area contributed by atoms with Gasteiger partial charge in [-0.05, 0) is 375 Å². The van der Waals surface area contributed by atoms with Crippen LogP contribution >= 0.6 is 0 Å². The lowest BCUT2D eigenvalue weighted by atomic mass is 9.79. The van der Waals surface area contributed by atoms with Crippen molar-refractivity contribution in [3.63, 3.8) is 0 Å². The lowest BCUT2D eigenvalue weighted by Gasteiger charge is -2.24. The predicted octanol–water partition coefficient (Wildman–Crippen LogP) is 39.2. The summed E-state index contributed by atoms with van der Waals surface area (Å²) in [4.78, 5) is 0. The van der Waals surface area contributed by atoms with E-state index < -0.39 is 0 Å². The Hall–Kier alpha value is -16.8. The number of aryl methyl sites for hydroxylation is 4. The summed E-state index contributed by atoms with van der Waals surface area (Å²) >= 11 is 0. The summed E-state index contributed by atoms with van der Waals surface area (Å²) in [6.07, 6.45) is 0. The van der Waals surface area contributed by atoms with Crippen LogP contribution in [0.5, 0.6) is 0 Å². The fourth-order valence-electron chi connectivity index (χ4n) is 25.2. The molecule has 672 valence electrons. The molecule has 3 aliphatic carbocycles. The maximum Gasteiger partial charge on any atom is 0.0543 e. The number of para-hydroxylation sites is 2. The molecule has 31 rings (SSSR count). The lowest BCUT2D eigenvalue weighted by molar-refractivity contribution is 0.662. The van der Waals surface area contributed by atoms with Crippen LogP contribution in [-0.4, -0.2) is 4.57 Å². The highest BCUT2D eigenvalue weighted by Gasteiger charge is 2.39. The Bertz CT molecular complexity index is 10100. The zero-order chi connectivity index (χ0) is 95.5. The standard InChI is InChI=1S/C43H28.2C28H22.C23H16.C19H15N/c1-43(2)37-23-31(34-12-6-8-25-7-3-4-11-33(25)34)21-29-15-16-30-22-32(24-38(43)42(30)41(29)37)35-19-17-28-14-13-26-9-5-10-27-18-20-36(35)40(28)39(26)27;1-17-13-19-11-12-20-15-21(23-10-6-8-18-7-4-5-9-22(18)23)16-25-27(20)26(19)24(14-17)28(25,2)3;1-17-12-21-10-11-22-15-23(20-9-8-18-6-4-5-7-19(18)14-20)16-25-27(22)26(21)24(13-17)28(25,2)3;1-15-5-7-16(8-6-15)21-13-19-11-9-17-3-2-4-18-10-12-20(14-21)23(19)22(17)18;1-14-11-12-17-16-9-5-6-10-18(16)20(19(17)13-14)15-7-3-2-4-8-15/h3-24H,1-2H3;2*4-16H,1-3H3;2-14H,1H3;2-13H,1H3. The fraction of sp³-hybridized carbons (Fsp3) is 0.0922. The fourth-order valence-corrected chi connectivity index (χ4v) is 25.2. The van der Waals surface area contributed by atoms with Crippen LogP contribution in [-0.2, 0) is 16.2 Å². The van der Waals surface area contributed by atoms with Gasteiger partial charge in [-0.25, -0.2) is 0 Å². The Balaban J connectivity index is 0.0000000912. The van der Waals surface area contributed by atoms with Gasteiger partial charge >= 0.3 is 0 Å². The van der Waals surface area contributed by atoms with Gasteiger partial charge in [0.25, 0.3) is 0 Å². The number of hydrogen-bond donors (Lipinski definition) is 0. The summed E-state index contributed by atoms with van der Waals surface area (Å²) in [5, 5.41) is 43.2. The largest absolute Gasteiger partial charge is 0.309 e. The van der Waals surface area contributed by atoms with Crippen molar-refractivity contribution in [2.75, 3.05) is 0 Å². The number of rotatable bonds is 6. The zero-order valence-electron chi connectivity index (χ0n) is 81.6. The minimum Gasteiger partial charge on any atom is -0.309 e. The Morgan fingerprint density at radius 2 is 0.451 bits per heavy atom. The van der Waals surface area contributed by atoms with Crippen LogP contribution in [0.4, 0.5) is 0 Å². The molecule has 0 amide bonds. The van der Waals surface area contributed by atoms with Crippen molar-refractivity contribution in [1.82, 2.24) is 4.57 Å². The third kappa shape index (κ3) is 13.3. The summed E-state index contributed by atoms with van der Waals surface area (Å²) < 4.78 is 2.34. The highest BCUT2D eigenvalue weighted by atomic mass is 15.0. The molecule has 142 heavy (non-hydrogen) atoms. The van der Waals surface area contributed by atoms with Crippen LogP contribution < -0.4 is 0 Å². The molecule has 3 aliphatic rings. The Labute approximate surface area is 827 Å². The third-order valence-corrected chi connectivity index (χ3v) is 32.2. The van der Waals surface area contributed by atoms with Gasteiger partial charge in [-0.2, -0.15) is 0 Å². The number of benzene rings is 27. The molecule has 1 nitrogen and oxygen atoms in total. The summed E-state index contributed by atoms with van der Waals surface area (Å²) in [7, 11) is 0. The second-order valence-corrected chi connectivity index (χ2v) is 42.0. The minimum absolute atomic E-state index is 0.0206. The average molecular weight is 1810 g/mol. The molecule has 0 atom stereocenters. The van der Waals surface area contributed by atoms with Crippen LogP contribution in [0, 0.1) is 27.7 Å². The molecule has 0 unspecified atom stereocenters. The van der Waals surface area contributed by atoms with Gasteiger partial charge in [0.1, 0.15) is 0 Å². The predicted molar refractivity (Wildman–Crippen MR) is 614 cm³/mol. The monoisotopic (exact) mass is 1810 g/mol. The molecule has 1 aromatic heterocycles. The first-order valence-corrected chi connectivity index (χ1v) is 50.3. The number of aromatic nitrogens is 1. The third-order valence-electron chi connectivity index (χ3n) is 32.2. The van der Waals surface area contributed by atoms with E-state index >= 15 is 0 Å². The van der Waals surface area contributed by atoms with E-state index in [0.29, 0.717) is 0 Å². The van der Waals surface area contributed by atoms with Gasteiger partial charge in [0.05, 0.1) is 11.0 Å². The number of nitrogens with zero attached hydrogens (tertiary/aromatic N) is 1. The van der Waals surface area contributed by atoms with Crippen molar-refractivity contribution in [2.45, 2.75) is 85.5 Å². The first-order chi connectivity index (χ1) is 69.3. The molecular formula is C141H103N. The normalized spacial score (nSPS) is 13.5. The van der Waals surface area contributed by atoms with E-state index in [1.165, 1.54) is 300 Å². The van der Waals surface area contributed by atoms with E-state index in [1.54, 1.807) is 0 Å². The Morgan fingerprint density at radius 1 is 0.148 bits per heavy atom. The molecule has 0 saturated heterocycles. The molecule has 0 bridgehead atoms. The molecule has 0 spiro atoms. The van der Waals surface area contributed by atoms with Crippen molar-refractivity contribution >= 4 is 183 Å². The van der Waals surface area contributed by atoms with Crippen molar-refractivity contribution < 1.29 is 0 Å². The van der Waals surface area contributed by atoms with Crippen molar-refractivity contribution in [3.8, 4) is 61.3 Å². The van der Waals surface area contributed by atoms with Crippen LogP contribution in [0.2, 0.25) is 0 Å². The molecular weight excluding hydrogens is 1710 g/mol. The highest BCUT2D eigenvalue weighted by molar-refractivity contribution is 6.28. The van der Waals surface area contributed by atoms with Gasteiger partial charge in [0.2, 0.25) is 0 Å². The molecule has 0 saturated carbocycles. The molecule has 0 radical (unpaired) electrons. The first kappa shape index (κ1) is 84.4. The molecule has 0 fully saturated rings. The average Bonchev–Trinajstić information content (AvgIpc) is 1.57. The van der Waals surface area contributed by atoms with Gasteiger partial charge in [-0.1, -0.05) is 410 Å². The Morgan fingerprint density at radius 3 is 0.951 bits per heavy atom. The molecule has 27 aromatic carbocycles. The summed E-state index contributed by atoms with van der Waals surface area (Å²) in [5.74, 6) is 0. The Kier molecular flexibility index (Phi) is 19.1. The molecule has 1 heteroatoms. The van der Waals surface area contributed by atoms with Crippen molar-refractivity contribution in [2.24, 2.45) is 0 Å². The summed E-state index contributed by atoms with van der Waals surface area (Å²) in [6, 6.07) is 164. The smallest absolute Gasteiger partial charge is 0.0543 e. The second kappa shape index (κ2) is 32.1. The summed E-state index contributed by atoms with van der Waals surface area (Å²) in [5.41, 5.74) is 30.7. The maximum atomic E-state index is 2.49. The first-order valence-electron chi connectivity index (χ1n) is 50.3. The van der Waals surface area contributed by atoms with Crippen LogP contribution in [0.25, 0.3) is 245 Å². The van der Waals surface area contributed by atoms with Crippen LogP contribution in [0.1, 0.15) is 97.2 Å². The quantitative estimate of drug-likeness (QED) is 0.146. The van der Waals surface area contributed by atoms with Gasteiger partial charge < -0.3 is 4.57 Å². The van der Waals surface area contributed by atoms with E-state index in [2.05, 4.69) is 517 Å². The van der Waals surface area contributed by atoms with E-state index in [4.69, 9.17) is 0 Å². The molecule has 1 heterocycles. The molecule has 0 aliphatic heterocycles. The molecule has 28 aromatic rings. The van der Waals surface area contributed by atoms with Crippen LogP contribution in [0.3, 0.4) is 0 Å². The topological polar surface area (TPSA) is 4.93 Å². The van der Waals surface area contributed by atoms with Gasteiger partial charge in [0, 0.05) is 32.7 Å². The van der Waals surface area contributed by atoms with Crippen LogP contribution in [0.15, 0.2) is 443 Å². The minimum atomic E-state index is -0.111. The van der Waals surface area contributed by atoms with Gasteiger partial charge in [-0.15, -0.1) is 0 Å². The highest BCUT2D eigenvalue weighted by Crippen LogP contribution is 2.56. The second-order valence-electron chi connectivity index (χ2n) is 42.0. The van der Waals surface area contributed by atoms with Gasteiger partial charge in [-0.3, -0.25) is 0 Å². The molecule has 0 N–H and O–H groups in total. The van der Waals surface area contributed by atoms with Crippen molar-refractivity contribution in [3.05, 3.63) is 498 Å². The van der Waals surface area contributed by atoms with Gasteiger partial charge in [0.15, 0.2) is 0 Å². The maximum absolute atomic E-state index is 2.49. The zero-order valence-corrected chi connectivity index (χ0v) is 81.6.